The number of carbonyl (C=O) groups is 1. The van der Waals surface area contributed by atoms with Crippen LogP contribution in [0.5, 0.6) is 0 Å². The van der Waals surface area contributed by atoms with Crippen LogP contribution in [0, 0.1) is 11.3 Å². The molecule has 0 saturated heterocycles. The molecule has 17 heavy (non-hydrogen) atoms. The second-order valence-corrected chi connectivity index (χ2v) is 3.59. The average Bonchev–Trinajstić information content (AvgIpc) is 2.37. The van der Waals surface area contributed by atoms with Gasteiger partial charge < -0.3 is 15.5 Å². The molecule has 0 spiro atoms. The summed E-state index contributed by atoms with van der Waals surface area (Å²) in [5.74, 6) is -0.477. The van der Waals surface area contributed by atoms with E-state index in [9.17, 15) is 9.90 Å². The number of nitriles is 1. The summed E-state index contributed by atoms with van der Waals surface area (Å²) in [6.45, 7) is 0. The van der Waals surface area contributed by atoms with Crippen molar-refractivity contribution in [1.29, 1.82) is 5.26 Å². The van der Waals surface area contributed by atoms with Crippen molar-refractivity contribution in [3.05, 3.63) is 29.8 Å². The molecule has 90 valence electrons. The molecule has 0 aromatic heterocycles. The monoisotopic (exact) mass is 254 g/mol. The predicted octanol–water partition coefficient (Wildman–Crippen LogP) is 0.782. The summed E-state index contributed by atoms with van der Waals surface area (Å²) in [5, 5.41) is 29.6. The van der Waals surface area contributed by atoms with Crippen molar-refractivity contribution in [2.24, 2.45) is 0 Å². The summed E-state index contributed by atoms with van der Waals surface area (Å²) >= 11 is 5.32. The van der Waals surface area contributed by atoms with Crippen LogP contribution in [-0.2, 0) is 4.79 Å². The molecular weight excluding hydrogens is 244 g/mol. The minimum Gasteiger partial charge on any atom is -0.385 e. The van der Waals surface area contributed by atoms with Gasteiger partial charge in [-0.1, -0.05) is 12.1 Å². The van der Waals surface area contributed by atoms with Crippen LogP contribution in [0.3, 0.4) is 0 Å². The minimum atomic E-state index is -1.47. The van der Waals surface area contributed by atoms with Crippen LogP contribution in [0.2, 0.25) is 0 Å². The molecule has 1 aromatic rings. The van der Waals surface area contributed by atoms with Gasteiger partial charge in [-0.25, -0.2) is 0 Å². The van der Waals surface area contributed by atoms with Crippen LogP contribution in [0.15, 0.2) is 24.3 Å². The van der Waals surface area contributed by atoms with E-state index < -0.39 is 12.2 Å². The van der Waals surface area contributed by atoms with E-state index in [0.717, 1.165) is 0 Å². The van der Waals surface area contributed by atoms with Crippen LogP contribution < -0.4 is 5.32 Å². The maximum atomic E-state index is 11.0. The van der Waals surface area contributed by atoms with Crippen molar-refractivity contribution in [3.63, 3.8) is 0 Å². The number of hydrogen-bond acceptors (Lipinski definition) is 4. The lowest BCUT2D eigenvalue weighted by Gasteiger charge is -2.12. The number of halogens is 1. The number of nitrogens with zero attached hydrogens (tertiary/aromatic N) is 1. The van der Waals surface area contributed by atoms with E-state index in [1.54, 1.807) is 12.1 Å². The highest BCUT2D eigenvalue weighted by atomic mass is 35.5. The smallest absolute Gasteiger partial charge is 0.239 e. The zero-order chi connectivity index (χ0) is 12.8. The highest BCUT2D eigenvalue weighted by Gasteiger charge is 2.17. The zero-order valence-electron chi connectivity index (χ0n) is 8.80. The van der Waals surface area contributed by atoms with E-state index in [1.807, 2.05) is 0 Å². The van der Waals surface area contributed by atoms with Gasteiger partial charge in [0, 0.05) is 5.69 Å². The van der Waals surface area contributed by atoms with Crippen molar-refractivity contribution in [2.45, 2.75) is 12.2 Å². The molecule has 2 atom stereocenters. The van der Waals surface area contributed by atoms with Gasteiger partial charge in [0.05, 0.1) is 6.07 Å². The third-order valence-electron chi connectivity index (χ3n) is 2.09. The lowest BCUT2D eigenvalue weighted by molar-refractivity contribution is -0.113. The van der Waals surface area contributed by atoms with Crippen LogP contribution in [0.4, 0.5) is 5.69 Å². The largest absolute Gasteiger partial charge is 0.385 e. The van der Waals surface area contributed by atoms with Crippen LogP contribution in [-0.4, -0.2) is 28.1 Å². The number of nitrogens with one attached hydrogen (secondary N) is 1. The summed E-state index contributed by atoms with van der Waals surface area (Å²) in [6, 6.07) is 7.65. The molecule has 5 nitrogen and oxygen atoms in total. The Bertz CT molecular complexity index is 427. The number of anilines is 1. The number of aliphatic hydroxyl groups excluding tert-OH is 2. The predicted molar refractivity (Wildman–Crippen MR) is 62.4 cm³/mol. The van der Waals surface area contributed by atoms with E-state index >= 15 is 0 Å². The normalized spacial score (nSPS) is 13.5. The highest BCUT2D eigenvalue weighted by Crippen LogP contribution is 2.19. The summed E-state index contributed by atoms with van der Waals surface area (Å²) in [5.41, 5.74) is 0.918. The van der Waals surface area contributed by atoms with E-state index in [2.05, 4.69) is 5.32 Å². The van der Waals surface area contributed by atoms with Crippen molar-refractivity contribution in [2.75, 3.05) is 11.2 Å². The Morgan fingerprint density at radius 3 is 2.47 bits per heavy atom. The first-order chi connectivity index (χ1) is 8.08. The molecule has 0 radical (unpaired) electrons. The topological polar surface area (TPSA) is 93.3 Å². The number of amides is 1. The molecule has 0 fully saturated rings. The zero-order valence-corrected chi connectivity index (χ0v) is 9.55. The Kier molecular flexibility index (Phi) is 4.91. The SMILES string of the molecule is N#CC(O)C(O)c1ccc(NC(=O)CCl)cc1. The van der Waals surface area contributed by atoms with Gasteiger partial charge in [0.2, 0.25) is 5.91 Å². The van der Waals surface area contributed by atoms with E-state index in [1.165, 1.54) is 18.2 Å². The minimum absolute atomic E-state index is 0.141. The molecule has 0 saturated carbocycles. The third kappa shape index (κ3) is 3.71. The van der Waals surface area contributed by atoms with Gasteiger partial charge in [0.1, 0.15) is 12.0 Å². The second-order valence-electron chi connectivity index (χ2n) is 3.32. The fourth-order valence-corrected chi connectivity index (χ4v) is 1.28. The first-order valence-electron chi connectivity index (χ1n) is 4.80. The molecule has 0 aliphatic carbocycles. The lowest BCUT2D eigenvalue weighted by Crippen LogP contribution is -2.16. The number of benzene rings is 1. The molecule has 0 heterocycles. The van der Waals surface area contributed by atoms with E-state index in [0.29, 0.717) is 11.3 Å². The quantitative estimate of drug-likeness (QED) is 0.547. The summed E-state index contributed by atoms with van der Waals surface area (Å²) in [6.07, 6.45) is -2.74. The number of alkyl halides is 1. The summed E-state index contributed by atoms with van der Waals surface area (Å²) in [4.78, 5) is 11.0. The fraction of sp³-hybridized carbons (Fsp3) is 0.273. The molecule has 0 aliphatic heterocycles. The maximum absolute atomic E-state index is 11.0. The van der Waals surface area contributed by atoms with Crippen molar-refractivity contribution in [1.82, 2.24) is 0 Å². The number of rotatable bonds is 4. The van der Waals surface area contributed by atoms with Crippen molar-refractivity contribution >= 4 is 23.2 Å². The first-order valence-corrected chi connectivity index (χ1v) is 5.33. The molecule has 1 aromatic carbocycles. The van der Waals surface area contributed by atoms with Crippen LogP contribution in [0.1, 0.15) is 11.7 Å². The maximum Gasteiger partial charge on any atom is 0.239 e. The second kappa shape index (κ2) is 6.21. The van der Waals surface area contributed by atoms with Crippen LogP contribution >= 0.6 is 11.6 Å². The Balaban J connectivity index is 2.75. The molecule has 6 heteroatoms. The fourth-order valence-electron chi connectivity index (χ4n) is 1.21. The highest BCUT2D eigenvalue weighted by molar-refractivity contribution is 6.29. The average molecular weight is 255 g/mol. The Morgan fingerprint density at radius 2 is 2.00 bits per heavy atom. The molecule has 1 rings (SSSR count). The number of aliphatic hydroxyl groups is 2. The molecule has 0 bridgehead atoms. The van der Waals surface area contributed by atoms with E-state index in [-0.39, 0.29) is 11.8 Å². The lowest BCUT2D eigenvalue weighted by atomic mass is 10.1. The Hall–Kier alpha value is -1.61. The van der Waals surface area contributed by atoms with Gasteiger partial charge in [-0.2, -0.15) is 5.26 Å². The van der Waals surface area contributed by atoms with Crippen molar-refractivity contribution in [3.8, 4) is 6.07 Å². The van der Waals surface area contributed by atoms with Gasteiger partial charge >= 0.3 is 0 Å². The molecular formula is C11H11ClN2O3. The van der Waals surface area contributed by atoms with Gasteiger partial charge in [0.15, 0.2) is 6.10 Å². The standard InChI is InChI=1S/C11H11ClN2O3/c12-5-10(16)14-8-3-1-7(2-4-8)11(17)9(15)6-13/h1-4,9,11,15,17H,5H2,(H,14,16). The Morgan fingerprint density at radius 1 is 1.41 bits per heavy atom. The number of hydrogen-bond donors (Lipinski definition) is 3. The third-order valence-corrected chi connectivity index (χ3v) is 2.33. The summed E-state index contributed by atoms with van der Waals surface area (Å²) < 4.78 is 0. The number of carbonyl (C=O) groups excluding carboxylic acids is 1. The molecule has 3 N–H and O–H groups in total. The van der Waals surface area contributed by atoms with Gasteiger partial charge in [-0.15, -0.1) is 11.6 Å². The van der Waals surface area contributed by atoms with Gasteiger partial charge in [0.25, 0.3) is 0 Å². The van der Waals surface area contributed by atoms with Crippen molar-refractivity contribution < 1.29 is 15.0 Å². The summed E-state index contributed by atoms with van der Waals surface area (Å²) in [7, 11) is 0. The van der Waals surface area contributed by atoms with E-state index in [4.69, 9.17) is 22.0 Å². The van der Waals surface area contributed by atoms with Gasteiger partial charge in [-0.3, -0.25) is 4.79 Å². The molecule has 2 unspecified atom stereocenters. The van der Waals surface area contributed by atoms with Gasteiger partial charge in [-0.05, 0) is 17.7 Å². The first kappa shape index (κ1) is 13.5. The molecule has 0 aliphatic rings. The molecule has 1 amide bonds. The Labute approximate surface area is 103 Å². The van der Waals surface area contributed by atoms with Crippen LogP contribution in [0.25, 0.3) is 0 Å².